The van der Waals surface area contributed by atoms with E-state index in [9.17, 15) is 4.79 Å². The molecule has 7 nitrogen and oxygen atoms in total. The van der Waals surface area contributed by atoms with E-state index in [-0.39, 0.29) is 11.7 Å². The van der Waals surface area contributed by atoms with E-state index in [1.807, 2.05) is 42.6 Å². The Morgan fingerprint density at radius 2 is 1.40 bits per heavy atom. The number of ether oxygens (including phenoxy) is 1. The van der Waals surface area contributed by atoms with Crippen molar-refractivity contribution in [3.63, 3.8) is 0 Å². The first-order valence-electron chi connectivity index (χ1n) is 15.0. The van der Waals surface area contributed by atoms with E-state index in [4.69, 9.17) is 4.74 Å². The molecule has 0 amide bonds. The third-order valence-electron chi connectivity index (χ3n) is 8.17. The van der Waals surface area contributed by atoms with Crippen LogP contribution in [-0.2, 0) is 6.54 Å². The number of benzene rings is 3. The van der Waals surface area contributed by atoms with Gasteiger partial charge in [0.05, 0.1) is 11.9 Å². The van der Waals surface area contributed by atoms with Crippen LogP contribution < -0.4 is 15.2 Å². The number of rotatable bonds is 9. The molecule has 2 aliphatic heterocycles. The lowest BCUT2D eigenvalue weighted by Gasteiger charge is -2.37. The topological polar surface area (TPSA) is 53.8 Å². The van der Waals surface area contributed by atoms with Gasteiger partial charge in [-0.2, -0.15) is 9.78 Å². The summed E-state index contributed by atoms with van der Waals surface area (Å²) in [5.74, 6) is 0.424. The molecule has 0 unspecified atom stereocenters. The number of aromatic nitrogens is 2. The maximum absolute atomic E-state index is 13.9. The summed E-state index contributed by atoms with van der Waals surface area (Å²) in [6.07, 6.45) is 8.00. The summed E-state index contributed by atoms with van der Waals surface area (Å²) in [5, 5.41) is 4.59. The lowest BCUT2D eigenvalue weighted by atomic mass is 10.1. The second kappa shape index (κ2) is 13.6. The summed E-state index contributed by atoms with van der Waals surface area (Å²) >= 11 is 0. The summed E-state index contributed by atoms with van der Waals surface area (Å²) in [6.45, 7) is 7.21. The van der Waals surface area contributed by atoms with Crippen molar-refractivity contribution in [1.82, 2.24) is 19.6 Å². The molecule has 7 heteroatoms. The predicted octanol–water partition coefficient (Wildman–Crippen LogP) is 5.11. The van der Waals surface area contributed by atoms with E-state index in [1.54, 1.807) is 0 Å². The van der Waals surface area contributed by atoms with Gasteiger partial charge in [0.1, 0.15) is 11.8 Å². The summed E-state index contributed by atoms with van der Waals surface area (Å²) in [5.41, 5.74) is 3.89. The minimum absolute atomic E-state index is 0.000454. The third-order valence-corrected chi connectivity index (χ3v) is 8.17. The minimum atomic E-state index is -0.196. The molecule has 6 rings (SSSR count). The van der Waals surface area contributed by atoms with Gasteiger partial charge >= 0.3 is 5.56 Å². The van der Waals surface area contributed by atoms with Crippen LogP contribution in [0.25, 0.3) is 11.8 Å². The Bertz CT molecular complexity index is 1490. The molecular weight excluding hydrogens is 522 g/mol. The van der Waals surface area contributed by atoms with Gasteiger partial charge in [-0.25, -0.2) is 0 Å². The fourth-order valence-electron chi connectivity index (χ4n) is 5.79. The van der Waals surface area contributed by atoms with Crippen LogP contribution in [0.5, 0.6) is 5.75 Å². The smallest absolute Gasteiger partial charge is 0.316 e. The van der Waals surface area contributed by atoms with Gasteiger partial charge in [0.15, 0.2) is 0 Å². The molecule has 2 saturated heterocycles. The van der Waals surface area contributed by atoms with Crippen molar-refractivity contribution < 1.29 is 4.74 Å². The van der Waals surface area contributed by atoms with Gasteiger partial charge in [0, 0.05) is 52.4 Å². The maximum Gasteiger partial charge on any atom is 0.316 e. The van der Waals surface area contributed by atoms with E-state index in [2.05, 4.69) is 86.5 Å². The monoisotopic (exact) mass is 561 g/mol. The van der Waals surface area contributed by atoms with Crippen LogP contribution >= 0.6 is 0 Å². The third kappa shape index (κ3) is 6.98. The van der Waals surface area contributed by atoms with Crippen LogP contribution in [0.3, 0.4) is 0 Å². The van der Waals surface area contributed by atoms with Gasteiger partial charge in [0.25, 0.3) is 0 Å². The highest BCUT2D eigenvalue weighted by molar-refractivity contribution is 5.57. The van der Waals surface area contributed by atoms with Gasteiger partial charge in [-0.1, -0.05) is 91.0 Å². The number of hydrogen-bond acceptors (Lipinski definition) is 6. The molecule has 0 saturated carbocycles. The second-order valence-electron chi connectivity index (χ2n) is 11.1. The highest BCUT2D eigenvalue weighted by atomic mass is 16.5. The fourth-order valence-corrected chi connectivity index (χ4v) is 5.79. The first-order chi connectivity index (χ1) is 20.7. The molecule has 0 atom stereocenters. The lowest BCUT2D eigenvalue weighted by molar-refractivity contribution is 0.0953. The molecule has 3 aromatic carbocycles. The number of piperazine rings is 1. The highest BCUT2D eigenvalue weighted by Crippen LogP contribution is 2.28. The molecule has 216 valence electrons. The molecule has 0 radical (unpaired) electrons. The molecule has 3 heterocycles. The molecule has 0 aliphatic carbocycles. The Hall–Kier alpha value is -4.20. The Labute approximate surface area is 248 Å². The van der Waals surface area contributed by atoms with E-state index >= 15 is 0 Å². The quantitative estimate of drug-likeness (QED) is 0.283. The summed E-state index contributed by atoms with van der Waals surface area (Å²) in [7, 11) is 0. The SMILES string of the molecule is O=c1c(OC2CCN(Cc3ccccc3)CC2)c(N2CCN(CC=Cc3ccccc3)CC2)cnn1-c1ccccc1. The normalized spacial score (nSPS) is 17.1. The molecule has 2 fully saturated rings. The van der Waals surface area contributed by atoms with Crippen molar-refractivity contribution in [3.05, 3.63) is 125 Å². The Morgan fingerprint density at radius 3 is 2.10 bits per heavy atom. The van der Waals surface area contributed by atoms with E-state index in [1.165, 1.54) is 15.8 Å². The molecule has 1 aromatic heterocycles. The maximum atomic E-state index is 13.9. The van der Waals surface area contributed by atoms with Crippen molar-refractivity contribution in [2.75, 3.05) is 50.7 Å². The summed E-state index contributed by atoms with van der Waals surface area (Å²) in [4.78, 5) is 21.0. The largest absolute Gasteiger partial charge is 0.483 e. The van der Waals surface area contributed by atoms with Gasteiger partial charge in [-0.15, -0.1) is 0 Å². The van der Waals surface area contributed by atoms with Crippen molar-refractivity contribution >= 4 is 11.8 Å². The zero-order valence-corrected chi connectivity index (χ0v) is 24.1. The van der Waals surface area contributed by atoms with Crippen LogP contribution in [0.1, 0.15) is 24.0 Å². The minimum Gasteiger partial charge on any atom is -0.483 e. The van der Waals surface area contributed by atoms with Crippen LogP contribution in [0, 0.1) is 0 Å². The van der Waals surface area contributed by atoms with E-state index in [0.717, 1.165) is 76.6 Å². The van der Waals surface area contributed by atoms with Crippen molar-refractivity contribution in [2.45, 2.75) is 25.5 Å². The second-order valence-corrected chi connectivity index (χ2v) is 11.1. The van der Waals surface area contributed by atoms with E-state index in [0.29, 0.717) is 5.75 Å². The van der Waals surface area contributed by atoms with Crippen LogP contribution in [0.15, 0.2) is 108 Å². The number of para-hydroxylation sites is 1. The molecule has 2 aliphatic rings. The number of nitrogens with zero attached hydrogens (tertiary/aromatic N) is 5. The highest BCUT2D eigenvalue weighted by Gasteiger charge is 2.27. The van der Waals surface area contributed by atoms with E-state index < -0.39 is 0 Å². The molecule has 0 spiro atoms. The van der Waals surface area contributed by atoms with Crippen molar-refractivity contribution in [3.8, 4) is 11.4 Å². The van der Waals surface area contributed by atoms with Crippen LogP contribution in [-0.4, -0.2) is 71.5 Å². The fraction of sp³-hybridized carbons (Fsp3) is 0.314. The number of piperidine rings is 1. The first-order valence-corrected chi connectivity index (χ1v) is 15.0. The summed E-state index contributed by atoms with van der Waals surface area (Å²) < 4.78 is 8.07. The number of anilines is 1. The zero-order valence-electron chi connectivity index (χ0n) is 24.1. The average molecular weight is 562 g/mol. The molecule has 0 N–H and O–H groups in total. The van der Waals surface area contributed by atoms with Gasteiger partial charge in [0.2, 0.25) is 5.75 Å². The Morgan fingerprint density at radius 1 is 0.762 bits per heavy atom. The molecule has 4 aromatic rings. The zero-order chi connectivity index (χ0) is 28.6. The predicted molar refractivity (Wildman–Crippen MR) is 169 cm³/mol. The van der Waals surface area contributed by atoms with Gasteiger partial charge in [-0.05, 0) is 36.1 Å². The van der Waals surface area contributed by atoms with Gasteiger partial charge < -0.3 is 9.64 Å². The number of hydrogen-bond donors (Lipinski definition) is 0. The van der Waals surface area contributed by atoms with Crippen LogP contribution in [0.2, 0.25) is 0 Å². The Balaban J connectivity index is 1.14. The Kier molecular flexibility index (Phi) is 9.08. The van der Waals surface area contributed by atoms with Crippen LogP contribution in [0.4, 0.5) is 5.69 Å². The van der Waals surface area contributed by atoms with Crippen molar-refractivity contribution in [2.24, 2.45) is 0 Å². The lowest BCUT2D eigenvalue weighted by Crippen LogP contribution is -2.47. The van der Waals surface area contributed by atoms with Gasteiger partial charge in [-0.3, -0.25) is 14.6 Å². The average Bonchev–Trinajstić information content (AvgIpc) is 3.05. The molecular formula is C35H39N5O2. The standard InChI is InChI=1S/C35H39N5O2/c41-35-34(42-32-18-21-38(22-19-32)28-30-13-6-2-7-14-30)33(27-36-40(35)31-16-8-3-9-17-31)39-25-23-37(24-26-39)20-10-15-29-11-4-1-5-12-29/h1-17,27,32H,18-26,28H2. The molecule has 42 heavy (non-hydrogen) atoms. The molecule has 0 bridgehead atoms. The van der Waals surface area contributed by atoms with Crippen molar-refractivity contribution in [1.29, 1.82) is 0 Å². The first kappa shape index (κ1) is 27.9. The summed E-state index contributed by atoms with van der Waals surface area (Å²) in [6, 6.07) is 30.6. The number of likely N-dealkylation sites (tertiary alicyclic amines) is 1.